The third kappa shape index (κ3) is 2.87. The summed E-state index contributed by atoms with van der Waals surface area (Å²) in [5.74, 6) is 0.626. The zero-order chi connectivity index (χ0) is 13.1. The minimum absolute atomic E-state index is 0.626. The van der Waals surface area contributed by atoms with E-state index in [2.05, 4.69) is 34.6 Å². The summed E-state index contributed by atoms with van der Waals surface area (Å²) in [6.07, 6.45) is 2.44. The van der Waals surface area contributed by atoms with Gasteiger partial charge in [-0.15, -0.1) is 0 Å². The lowest BCUT2D eigenvalue weighted by Crippen LogP contribution is -2.24. The van der Waals surface area contributed by atoms with E-state index in [4.69, 9.17) is 4.74 Å². The summed E-state index contributed by atoms with van der Waals surface area (Å²) in [4.78, 5) is 4.57. The highest BCUT2D eigenvalue weighted by molar-refractivity contribution is 5.91. The first-order valence-corrected chi connectivity index (χ1v) is 7.01. The molecule has 0 aliphatic carbocycles. The molecule has 1 N–H and O–H groups in total. The van der Waals surface area contributed by atoms with E-state index < -0.39 is 0 Å². The topological polar surface area (TPSA) is 34.1 Å². The van der Waals surface area contributed by atoms with Gasteiger partial charge in [0.15, 0.2) is 0 Å². The van der Waals surface area contributed by atoms with Crippen LogP contribution in [-0.4, -0.2) is 24.7 Å². The number of nitrogens with zero attached hydrogens (tertiary/aromatic N) is 1. The fraction of sp³-hybridized carbons (Fsp3) is 0.438. The maximum atomic E-state index is 5.53. The lowest BCUT2D eigenvalue weighted by atomic mass is 10.0. The first-order valence-electron chi connectivity index (χ1n) is 7.01. The van der Waals surface area contributed by atoms with E-state index in [1.54, 1.807) is 0 Å². The molecule has 2 heterocycles. The standard InChI is InChI=1S/C16H20N2O/c1-12-9-16(14-6-2-3-7-15(14)18-12)17-10-13-5-4-8-19-11-13/h2-3,6-7,9,13H,4-5,8,10-11H2,1H3,(H,17,18). The summed E-state index contributed by atoms with van der Waals surface area (Å²) in [5.41, 5.74) is 3.31. The molecule has 19 heavy (non-hydrogen) atoms. The van der Waals surface area contributed by atoms with E-state index in [-0.39, 0.29) is 0 Å². The summed E-state index contributed by atoms with van der Waals surface area (Å²) in [7, 11) is 0. The highest BCUT2D eigenvalue weighted by Gasteiger charge is 2.14. The van der Waals surface area contributed by atoms with Crippen molar-refractivity contribution in [3.05, 3.63) is 36.0 Å². The average Bonchev–Trinajstić information content (AvgIpc) is 2.45. The minimum Gasteiger partial charge on any atom is -0.384 e. The van der Waals surface area contributed by atoms with Crippen LogP contribution in [-0.2, 0) is 4.74 Å². The number of aryl methyl sites for hydroxylation is 1. The van der Waals surface area contributed by atoms with Gasteiger partial charge in [0.2, 0.25) is 0 Å². The predicted octanol–water partition coefficient (Wildman–Crippen LogP) is 3.38. The Hall–Kier alpha value is -1.61. The van der Waals surface area contributed by atoms with E-state index in [1.807, 2.05) is 13.0 Å². The van der Waals surface area contributed by atoms with E-state index in [0.717, 1.165) is 31.0 Å². The molecule has 0 amide bonds. The van der Waals surface area contributed by atoms with Crippen LogP contribution in [0.5, 0.6) is 0 Å². The summed E-state index contributed by atoms with van der Waals surface area (Å²) >= 11 is 0. The second-order valence-electron chi connectivity index (χ2n) is 5.29. The first kappa shape index (κ1) is 12.4. The molecule has 1 aromatic heterocycles. The Balaban J connectivity index is 1.79. The molecular formula is C16H20N2O. The molecule has 1 atom stereocenters. The Bertz CT molecular complexity index is 562. The largest absolute Gasteiger partial charge is 0.384 e. The zero-order valence-corrected chi connectivity index (χ0v) is 11.4. The number of fused-ring (bicyclic) bond motifs is 1. The normalized spacial score (nSPS) is 19.5. The van der Waals surface area contributed by atoms with Crippen molar-refractivity contribution < 1.29 is 4.74 Å². The Morgan fingerprint density at radius 1 is 1.37 bits per heavy atom. The van der Waals surface area contributed by atoms with Gasteiger partial charge in [-0.1, -0.05) is 18.2 Å². The van der Waals surface area contributed by atoms with E-state index >= 15 is 0 Å². The Kier molecular flexibility index (Phi) is 3.65. The number of benzene rings is 1. The molecule has 0 radical (unpaired) electrons. The lowest BCUT2D eigenvalue weighted by Gasteiger charge is -2.23. The summed E-state index contributed by atoms with van der Waals surface area (Å²) in [5, 5.41) is 4.78. The number of rotatable bonds is 3. The van der Waals surface area contributed by atoms with Gasteiger partial charge in [0.1, 0.15) is 0 Å². The van der Waals surface area contributed by atoms with Crippen LogP contribution in [0.1, 0.15) is 18.5 Å². The number of aromatic nitrogens is 1. The highest BCUT2D eigenvalue weighted by atomic mass is 16.5. The molecule has 1 unspecified atom stereocenters. The predicted molar refractivity (Wildman–Crippen MR) is 78.5 cm³/mol. The summed E-state index contributed by atoms with van der Waals surface area (Å²) < 4.78 is 5.53. The van der Waals surface area contributed by atoms with Gasteiger partial charge in [0.25, 0.3) is 0 Å². The van der Waals surface area contributed by atoms with Crippen molar-refractivity contribution in [3.63, 3.8) is 0 Å². The molecule has 2 aromatic rings. The fourth-order valence-electron chi connectivity index (χ4n) is 2.68. The Morgan fingerprint density at radius 2 is 2.26 bits per heavy atom. The monoisotopic (exact) mass is 256 g/mol. The maximum absolute atomic E-state index is 5.53. The lowest BCUT2D eigenvalue weighted by molar-refractivity contribution is 0.0595. The molecule has 3 heteroatoms. The van der Waals surface area contributed by atoms with Gasteiger partial charge in [0.05, 0.1) is 12.1 Å². The van der Waals surface area contributed by atoms with Gasteiger partial charge in [-0.2, -0.15) is 0 Å². The molecule has 1 fully saturated rings. The van der Waals surface area contributed by atoms with Crippen LogP contribution in [0.3, 0.4) is 0 Å². The molecule has 0 bridgehead atoms. The van der Waals surface area contributed by atoms with E-state index in [0.29, 0.717) is 5.92 Å². The number of anilines is 1. The van der Waals surface area contributed by atoms with Gasteiger partial charge >= 0.3 is 0 Å². The fourth-order valence-corrected chi connectivity index (χ4v) is 2.68. The quantitative estimate of drug-likeness (QED) is 0.914. The number of hydrogen-bond acceptors (Lipinski definition) is 3. The third-order valence-corrected chi connectivity index (χ3v) is 3.68. The van der Waals surface area contributed by atoms with Crippen LogP contribution >= 0.6 is 0 Å². The third-order valence-electron chi connectivity index (χ3n) is 3.68. The van der Waals surface area contributed by atoms with Gasteiger partial charge in [-0.25, -0.2) is 0 Å². The molecule has 1 aliphatic rings. The number of para-hydroxylation sites is 1. The van der Waals surface area contributed by atoms with Crippen molar-refractivity contribution in [1.29, 1.82) is 0 Å². The summed E-state index contributed by atoms with van der Waals surface area (Å²) in [6.45, 7) is 4.83. The molecule has 1 aliphatic heterocycles. The molecule has 0 saturated carbocycles. The van der Waals surface area contributed by atoms with Gasteiger partial charge in [-0.05, 0) is 37.8 Å². The maximum Gasteiger partial charge on any atom is 0.0725 e. The second kappa shape index (κ2) is 5.57. The molecular weight excluding hydrogens is 236 g/mol. The van der Waals surface area contributed by atoms with E-state index in [1.165, 1.54) is 23.9 Å². The van der Waals surface area contributed by atoms with Gasteiger partial charge in [-0.3, -0.25) is 4.98 Å². The van der Waals surface area contributed by atoms with Crippen LogP contribution in [0.4, 0.5) is 5.69 Å². The van der Waals surface area contributed by atoms with Gasteiger partial charge < -0.3 is 10.1 Å². The first-order chi connectivity index (χ1) is 9.33. The molecule has 1 saturated heterocycles. The van der Waals surface area contributed by atoms with Gasteiger partial charge in [0, 0.05) is 29.9 Å². The molecule has 3 rings (SSSR count). The minimum atomic E-state index is 0.626. The highest BCUT2D eigenvalue weighted by Crippen LogP contribution is 2.24. The number of ether oxygens (including phenoxy) is 1. The van der Waals surface area contributed by atoms with Crippen LogP contribution in [0, 0.1) is 12.8 Å². The number of nitrogens with one attached hydrogen (secondary N) is 1. The van der Waals surface area contributed by atoms with Crippen molar-refractivity contribution >= 4 is 16.6 Å². The van der Waals surface area contributed by atoms with Crippen molar-refractivity contribution in [1.82, 2.24) is 4.98 Å². The van der Waals surface area contributed by atoms with E-state index in [9.17, 15) is 0 Å². The number of hydrogen-bond donors (Lipinski definition) is 1. The Morgan fingerprint density at radius 3 is 3.11 bits per heavy atom. The molecule has 0 spiro atoms. The van der Waals surface area contributed by atoms with Crippen molar-refractivity contribution in [2.24, 2.45) is 5.92 Å². The van der Waals surface area contributed by atoms with Crippen molar-refractivity contribution in [2.75, 3.05) is 25.1 Å². The number of pyridine rings is 1. The molecule has 100 valence electrons. The van der Waals surface area contributed by atoms with Crippen LogP contribution < -0.4 is 5.32 Å². The van der Waals surface area contributed by atoms with Crippen molar-refractivity contribution in [3.8, 4) is 0 Å². The zero-order valence-electron chi connectivity index (χ0n) is 11.4. The van der Waals surface area contributed by atoms with Crippen LogP contribution in [0.2, 0.25) is 0 Å². The van der Waals surface area contributed by atoms with Crippen LogP contribution in [0.25, 0.3) is 10.9 Å². The average molecular weight is 256 g/mol. The summed E-state index contributed by atoms with van der Waals surface area (Å²) in [6, 6.07) is 10.4. The van der Waals surface area contributed by atoms with Crippen LogP contribution in [0.15, 0.2) is 30.3 Å². The SMILES string of the molecule is Cc1cc(NCC2CCCOC2)c2ccccc2n1. The molecule has 1 aromatic carbocycles. The Labute approximate surface area is 114 Å². The molecule has 3 nitrogen and oxygen atoms in total. The van der Waals surface area contributed by atoms with Crippen molar-refractivity contribution in [2.45, 2.75) is 19.8 Å². The second-order valence-corrected chi connectivity index (χ2v) is 5.29. The smallest absolute Gasteiger partial charge is 0.0725 e.